The Morgan fingerprint density at radius 2 is 1.74 bits per heavy atom. The van der Waals surface area contributed by atoms with Gasteiger partial charge in [0.05, 0.1) is 19.2 Å². The molecule has 0 spiro atoms. The third kappa shape index (κ3) is 6.00. The van der Waals surface area contributed by atoms with Crippen molar-refractivity contribution in [3.05, 3.63) is 89.5 Å². The normalized spacial score (nSPS) is 15.5. The number of rotatable bonds is 8. The fourth-order valence-electron chi connectivity index (χ4n) is 3.64. The summed E-state index contributed by atoms with van der Waals surface area (Å²) < 4.78 is 37.3. The van der Waals surface area contributed by atoms with Crippen molar-refractivity contribution >= 4 is 23.7 Å². The van der Waals surface area contributed by atoms with E-state index in [0.29, 0.717) is 22.7 Å². The van der Waals surface area contributed by atoms with Gasteiger partial charge in [-0.15, -0.1) is 0 Å². The molecule has 3 aromatic rings. The second-order valence-electron chi connectivity index (χ2n) is 7.94. The van der Waals surface area contributed by atoms with Gasteiger partial charge in [-0.2, -0.15) is 5.10 Å². The maximum Gasteiger partial charge on any atom is 0.245 e. The number of halogens is 2. The van der Waals surface area contributed by atoms with Crippen molar-refractivity contribution in [2.45, 2.75) is 13.0 Å². The average Bonchev–Trinajstić information content (AvgIpc) is 3.26. The number of nitrogens with one attached hydrogen (secondary N) is 1. The molecule has 1 fully saturated rings. The van der Waals surface area contributed by atoms with Gasteiger partial charge in [0.15, 0.2) is 11.5 Å². The lowest BCUT2D eigenvalue weighted by Gasteiger charge is -2.16. The van der Waals surface area contributed by atoms with Gasteiger partial charge in [-0.25, -0.2) is 14.2 Å². The largest absolute Gasteiger partial charge is 0.493 e. The molecule has 7 nitrogen and oxygen atoms in total. The highest BCUT2D eigenvalue weighted by atomic mass is 19.1. The van der Waals surface area contributed by atoms with Crippen molar-refractivity contribution < 1.29 is 27.8 Å². The van der Waals surface area contributed by atoms with Gasteiger partial charge in [-0.1, -0.05) is 12.1 Å². The first-order valence-electron chi connectivity index (χ1n) is 10.9. The smallest absolute Gasteiger partial charge is 0.245 e. The Hall–Kier alpha value is -4.27. The quantitative estimate of drug-likeness (QED) is 0.391. The second-order valence-corrected chi connectivity index (χ2v) is 7.94. The molecule has 0 radical (unpaired) electrons. The lowest BCUT2D eigenvalue weighted by atomic mass is 10.1. The molecule has 3 aromatic carbocycles. The van der Waals surface area contributed by atoms with Gasteiger partial charge in [0.1, 0.15) is 18.2 Å². The van der Waals surface area contributed by atoms with Crippen molar-refractivity contribution in [2.75, 3.05) is 18.6 Å². The van der Waals surface area contributed by atoms with Crippen molar-refractivity contribution in [3.8, 4) is 11.5 Å². The van der Waals surface area contributed by atoms with Gasteiger partial charge in [0, 0.05) is 18.7 Å². The molecule has 180 valence electrons. The predicted molar refractivity (Wildman–Crippen MR) is 126 cm³/mol. The molecule has 0 saturated carbocycles. The van der Waals surface area contributed by atoms with E-state index >= 15 is 0 Å². The van der Waals surface area contributed by atoms with Crippen LogP contribution in [-0.2, 0) is 16.2 Å². The van der Waals surface area contributed by atoms with Crippen LogP contribution < -0.4 is 19.8 Å². The molecule has 1 saturated heterocycles. The molecule has 1 N–H and O–H groups in total. The number of hydrazone groups is 1. The van der Waals surface area contributed by atoms with Crippen LogP contribution >= 0.6 is 0 Å². The highest BCUT2D eigenvalue weighted by Gasteiger charge is 2.35. The molecule has 2 amide bonds. The van der Waals surface area contributed by atoms with Crippen molar-refractivity contribution in [3.63, 3.8) is 0 Å². The van der Waals surface area contributed by atoms with E-state index in [-0.39, 0.29) is 37.2 Å². The fraction of sp³-hybridized carbons (Fsp3) is 0.192. The number of carbonyl (C=O) groups is 2. The van der Waals surface area contributed by atoms with Gasteiger partial charge < -0.3 is 14.4 Å². The third-order valence-electron chi connectivity index (χ3n) is 5.52. The summed E-state index contributed by atoms with van der Waals surface area (Å²) in [7, 11) is 1.51. The fourth-order valence-corrected chi connectivity index (χ4v) is 3.64. The number of carbonyl (C=O) groups excluding carboxylic acids is 2. The molecule has 0 aromatic heterocycles. The standard InChI is InChI=1S/C26H23F2N3O4/c1-34-24-12-18(4-11-23(24)35-16-17-2-5-20(27)6-3-17)14-29-30-26(33)19-13-25(32)31(15-19)22-9-7-21(28)8-10-22/h2-12,14,19H,13,15-16H2,1H3,(H,30,33)/b29-14-/t19-/m0/s1. The summed E-state index contributed by atoms with van der Waals surface area (Å²) in [5.74, 6) is -0.893. The van der Waals surface area contributed by atoms with Gasteiger partial charge in [0.25, 0.3) is 0 Å². The Kier molecular flexibility index (Phi) is 7.35. The Balaban J connectivity index is 1.33. The number of methoxy groups -OCH3 is 1. The molecule has 0 unspecified atom stereocenters. The summed E-state index contributed by atoms with van der Waals surface area (Å²) in [6, 6.07) is 16.7. The van der Waals surface area contributed by atoms with E-state index in [1.54, 1.807) is 30.3 Å². The van der Waals surface area contributed by atoms with E-state index in [0.717, 1.165) is 5.56 Å². The maximum absolute atomic E-state index is 13.1. The zero-order valence-electron chi connectivity index (χ0n) is 18.9. The van der Waals surface area contributed by atoms with E-state index in [1.165, 1.54) is 54.6 Å². The van der Waals surface area contributed by atoms with Crippen LogP contribution in [0.25, 0.3) is 0 Å². The molecule has 1 atom stereocenters. The molecule has 1 aliphatic rings. The Bertz CT molecular complexity index is 1230. The van der Waals surface area contributed by atoms with Crippen LogP contribution in [0, 0.1) is 17.6 Å². The van der Waals surface area contributed by atoms with Crippen LogP contribution in [0.4, 0.5) is 14.5 Å². The molecule has 1 heterocycles. The SMILES string of the molecule is COc1cc(/C=N\NC(=O)[C@H]2CC(=O)N(c3ccc(F)cc3)C2)ccc1OCc1ccc(F)cc1. The molecule has 1 aliphatic heterocycles. The Morgan fingerprint density at radius 3 is 2.43 bits per heavy atom. The number of amides is 2. The van der Waals surface area contributed by atoms with Crippen LogP contribution in [0.3, 0.4) is 0 Å². The van der Waals surface area contributed by atoms with E-state index in [4.69, 9.17) is 9.47 Å². The van der Waals surface area contributed by atoms with E-state index in [9.17, 15) is 18.4 Å². The first-order valence-corrected chi connectivity index (χ1v) is 10.9. The topological polar surface area (TPSA) is 80.2 Å². The van der Waals surface area contributed by atoms with Gasteiger partial charge in [0.2, 0.25) is 11.8 Å². The highest BCUT2D eigenvalue weighted by molar-refractivity contribution is 6.00. The third-order valence-corrected chi connectivity index (χ3v) is 5.52. The molecule has 35 heavy (non-hydrogen) atoms. The number of hydrogen-bond acceptors (Lipinski definition) is 5. The summed E-state index contributed by atoms with van der Waals surface area (Å²) in [5, 5.41) is 3.99. The zero-order chi connectivity index (χ0) is 24.8. The van der Waals surface area contributed by atoms with E-state index in [2.05, 4.69) is 10.5 Å². The van der Waals surface area contributed by atoms with Crippen LogP contribution in [0.5, 0.6) is 11.5 Å². The first-order chi connectivity index (χ1) is 16.9. The van der Waals surface area contributed by atoms with Gasteiger partial charge in [-0.3, -0.25) is 9.59 Å². The monoisotopic (exact) mass is 479 g/mol. The number of hydrogen-bond donors (Lipinski definition) is 1. The molecule has 0 bridgehead atoms. The summed E-state index contributed by atoms with van der Waals surface area (Å²) in [5.41, 5.74) is 4.48. The van der Waals surface area contributed by atoms with Gasteiger partial charge >= 0.3 is 0 Å². The van der Waals surface area contributed by atoms with Crippen molar-refractivity contribution in [1.82, 2.24) is 5.43 Å². The minimum Gasteiger partial charge on any atom is -0.493 e. The second kappa shape index (κ2) is 10.8. The summed E-state index contributed by atoms with van der Waals surface area (Å²) in [6.07, 6.45) is 1.51. The minimum absolute atomic E-state index is 0.0483. The van der Waals surface area contributed by atoms with Crippen LogP contribution in [0.2, 0.25) is 0 Å². The number of benzene rings is 3. The van der Waals surface area contributed by atoms with Crippen LogP contribution in [0.1, 0.15) is 17.5 Å². The molecule has 9 heteroatoms. The van der Waals surface area contributed by atoms with Gasteiger partial charge in [-0.05, 0) is 65.7 Å². The number of nitrogens with zero attached hydrogens (tertiary/aromatic N) is 2. The molecule has 0 aliphatic carbocycles. The summed E-state index contributed by atoms with van der Waals surface area (Å²) >= 11 is 0. The van der Waals surface area contributed by atoms with E-state index < -0.39 is 11.7 Å². The Morgan fingerprint density at radius 1 is 1.06 bits per heavy atom. The van der Waals surface area contributed by atoms with Crippen molar-refractivity contribution in [1.29, 1.82) is 0 Å². The number of anilines is 1. The predicted octanol–water partition coefficient (Wildman–Crippen LogP) is 4.06. The van der Waals surface area contributed by atoms with Crippen LogP contribution in [0.15, 0.2) is 71.8 Å². The average molecular weight is 479 g/mol. The number of ether oxygens (including phenoxy) is 2. The minimum atomic E-state index is -0.568. The zero-order valence-corrected chi connectivity index (χ0v) is 18.9. The molecular weight excluding hydrogens is 456 g/mol. The first kappa shape index (κ1) is 23.9. The summed E-state index contributed by atoms with van der Waals surface area (Å²) in [4.78, 5) is 26.3. The highest BCUT2D eigenvalue weighted by Crippen LogP contribution is 2.29. The summed E-state index contributed by atoms with van der Waals surface area (Å²) in [6.45, 7) is 0.439. The Labute approximate surface area is 201 Å². The van der Waals surface area contributed by atoms with E-state index in [1.807, 2.05) is 0 Å². The van der Waals surface area contributed by atoms with Crippen LogP contribution in [-0.4, -0.2) is 31.7 Å². The molecule has 4 rings (SSSR count). The lowest BCUT2D eigenvalue weighted by Crippen LogP contribution is -2.30. The molecular formula is C26H23F2N3O4. The lowest BCUT2D eigenvalue weighted by molar-refractivity contribution is -0.126. The van der Waals surface area contributed by atoms with Crippen molar-refractivity contribution in [2.24, 2.45) is 11.0 Å². The maximum atomic E-state index is 13.1.